The number of hydrogen-bond acceptors (Lipinski definition) is 1. The van der Waals surface area contributed by atoms with E-state index in [9.17, 15) is 4.39 Å². The first-order valence-electron chi connectivity index (χ1n) is 5.94. The molecule has 0 saturated carbocycles. The van der Waals surface area contributed by atoms with Crippen molar-refractivity contribution in [3.05, 3.63) is 35.1 Å². The molecule has 1 nitrogen and oxygen atoms in total. The van der Waals surface area contributed by atoms with Gasteiger partial charge >= 0.3 is 0 Å². The van der Waals surface area contributed by atoms with E-state index in [4.69, 9.17) is 0 Å². The number of nitrogens with one attached hydrogen (secondary N) is 1. The van der Waals surface area contributed by atoms with Crippen LogP contribution in [0.1, 0.15) is 38.3 Å². The van der Waals surface area contributed by atoms with E-state index in [-0.39, 0.29) is 11.2 Å². The summed E-state index contributed by atoms with van der Waals surface area (Å²) in [5.74, 6) is -0.119. The lowest BCUT2D eigenvalue weighted by Gasteiger charge is -2.26. The minimum absolute atomic E-state index is 0.0978. The molecule has 0 heterocycles. The molecule has 16 heavy (non-hydrogen) atoms. The molecule has 0 spiro atoms. The van der Waals surface area contributed by atoms with Crippen molar-refractivity contribution in [2.75, 3.05) is 13.1 Å². The molecule has 1 aromatic carbocycles. The van der Waals surface area contributed by atoms with Gasteiger partial charge in [-0.05, 0) is 49.0 Å². The molecule has 90 valence electrons. The van der Waals surface area contributed by atoms with Crippen molar-refractivity contribution in [3.63, 3.8) is 0 Å². The van der Waals surface area contributed by atoms with Gasteiger partial charge in [0.1, 0.15) is 5.82 Å². The number of hydrogen-bond donors (Lipinski definition) is 1. The molecule has 0 fully saturated rings. The average molecular weight is 223 g/mol. The van der Waals surface area contributed by atoms with E-state index in [0.29, 0.717) is 0 Å². The van der Waals surface area contributed by atoms with Gasteiger partial charge in [-0.15, -0.1) is 0 Å². The molecular weight excluding hydrogens is 201 g/mol. The summed E-state index contributed by atoms with van der Waals surface area (Å²) in [6.45, 7) is 10.3. The summed E-state index contributed by atoms with van der Waals surface area (Å²) in [7, 11) is 0. The largest absolute Gasteiger partial charge is 0.317 e. The molecule has 0 aromatic heterocycles. The zero-order chi connectivity index (χ0) is 12.2. The topological polar surface area (TPSA) is 12.0 Å². The highest BCUT2D eigenvalue weighted by Gasteiger charge is 2.20. The van der Waals surface area contributed by atoms with Crippen molar-refractivity contribution >= 4 is 0 Å². The number of halogens is 1. The first-order chi connectivity index (χ1) is 7.47. The van der Waals surface area contributed by atoms with Crippen molar-refractivity contribution in [3.8, 4) is 0 Å². The second kappa shape index (κ2) is 5.44. The highest BCUT2D eigenvalue weighted by atomic mass is 19.1. The molecule has 0 aliphatic carbocycles. The molecule has 1 N–H and O–H groups in total. The molecule has 0 aliphatic rings. The van der Waals surface area contributed by atoms with Gasteiger partial charge in [0, 0.05) is 0 Å². The predicted octanol–water partition coefficient (Wildman–Crippen LogP) is 3.41. The van der Waals surface area contributed by atoms with Crippen LogP contribution in [0.4, 0.5) is 4.39 Å². The van der Waals surface area contributed by atoms with Crippen LogP contribution >= 0.6 is 0 Å². The van der Waals surface area contributed by atoms with Gasteiger partial charge in [0.2, 0.25) is 0 Å². The fourth-order valence-electron chi connectivity index (χ4n) is 1.79. The van der Waals surface area contributed by atoms with Gasteiger partial charge < -0.3 is 5.32 Å². The Bertz CT molecular complexity index is 345. The fourth-order valence-corrected chi connectivity index (χ4v) is 1.79. The van der Waals surface area contributed by atoms with Crippen LogP contribution < -0.4 is 5.32 Å². The maximum absolute atomic E-state index is 13.2. The van der Waals surface area contributed by atoms with E-state index >= 15 is 0 Å². The van der Waals surface area contributed by atoms with Crippen LogP contribution in [-0.4, -0.2) is 13.1 Å². The second-order valence-electron chi connectivity index (χ2n) is 4.95. The fraction of sp³-hybridized carbons (Fsp3) is 0.571. The Hall–Kier alpha value is -0.890. The van der Waals surface area contributed by atoms with Crippen molar-refractivity contribution in [1.29, 1.82) is 0 Å². The van der Waals surface area contributed by atoms with E-state index in [2.05, 4.69) is 26.1 Å². The number of aryl methyl sites for hydroxylation is 1. The molecule has 0 radical (unpaired) electrons. The van der Waals surface area contributed by atoms with Crippen LogP contribution in [-0.2, 0) is 5.41 Å². The van der Waals surface area contributed by atoms with E-state index in [1.807, 2.05) is 19.1 Å². The van der Waals surface area contributed by atoms with Crippen LogP contribution in [0, 0.1) is 12.7 Å². The summed E-state index contributed by atoms with van der Waals surface area (Å²) >= 11 is 0. The molecule has 0 bridgehead atoms. The van der Waals surface area contributed by atoms with E-state index in [1.165, 1.54) is 5.56 Å². The smallest absolute Gasteiger partial charge is 0.126 e. The Morgan fingerprint density at radius 1 is 1.31 bits per heavy atom. The molecule has 1 aromatic rings. The van der Waals surface area contributed by atoms with E-state index in [0.717, 1.165) is 25.1 Å². The van der Waals surface area contributed by atoms with Gasteiger partial charge in [-0.1, -0.05) is 32.9 Å². The molecule has 2 heteroatoms. The standard InChI is InChI=1S/C14H22FN/c1-5-16-9-8-14(3,4)12-6-7-13(15)11(2)10-12/h6-7,10,16H,5,8-9H2,1-4H3. The Labute approximate surface area is 98.1 Å². The first kappa shape index (κ1) is 13.2. The third kappa shape index (κ3) is 3.31. The van der Waals surface area contributed by atoms with Gasteiger partial charge in [0.05, 0.1) is 0 Å². The third-order valence-electron chi connectivity index (χ3n) is 3.12. The van der Waals surface area contributed by atoms with Crippen LogP contribution in [0.3, 0.4) is 0 Å². The first-order valence-corrected chi connectivity index (χ1v) is 5.94. The minimum Gasteiger partial charge on any atom is -0.317 e. The highest BCUT2D eigenvalue weighted by Crippen LogP contribution is 2.27. The lowest BCUT2D eigenvalue weighted by molar-refractivity contribution is 0.460. The van der Waals surface area contributed by atoms with Crippen LogP contribution in [0.25, 0.3) is 0 Å². The average Bonchev–Trinajstić information content (AvgIpc) is 2.22. The summed E-state index contributed by atoms with van der Waals surface area (Å²) in [5, 5.41) is 3.33. The minimum atomic E-state index is -0.119. The molecule has 0 amide bonds. The van der Waals surface area contributed by atoms with Crippen LogP contribution in [0.5, 0.6) is 0 Å². The maximum Gasteiger partial charge on any atom is 0.126 e. The number of rotatable bonds is 5. The van der Waals surface area contributed by atoms with Crippen molar-refractivity contribution in [1.82, 2.24) is 5.32 Å². The summed E-state index contributed by atoms with van der Waals surface area (Å²) in [4.78, 5) is 0. The Kier molecular flexibility index (Phi) is 4.48. The zero-order valence-corrected chi connectivity index (χ0v) is 10.7. The molecule has 0 atom stereocenters. The Morgan fingerprint density at radius 3 is 2.56 bits per heavy atom. The molecule has 0 unspecified atom stereocenters. The summed E-state index contributed by atoms with van der Waals surface area (Å²) in [6.07, 6.45) is 1.06. The Morgan fingerprint density at radius 2 is 2.00 bits per heavy atom. The SMILES string of the molecule is CCNCCC(C)(C)c1ccc(F)c(C)c1. The van der Waals surface area contributed by atoms with Gasteiger partial charge in [-0.2, -0.15) is 0 Å². The van der Waals surface area contributed by atoms with E-state index < -0.39 is 0 Å². The quantitative estimate of drug-likeness (QED) is 0.754. The summed E-state index contributed by atoms with van der Waals surface area (Å²) in [6, 6.07) is 5.43. The molecular formula is C14H22FN. The van der Waals surface area contributed by atoms with E-state index in [1.54, 1.807) is 6.07 Å². The van der Waals surface area contributed by atoms with Gasteiger partial charge in [-0.3, -0.25) is 0 Å². The monoisotopic (exact) mass is 223 g/mol. The molecule has 1 rings (SSSR count). The lowest BCUT2D eigenvalue weighted by atomic mass is 9.81. The third-order valence-corrected chi connectivity index (χ3v) is 3.12. The lowest BCUT2D eigenvalue weighted by Crippen LogP contribution is -2.25. The summed E-state index contributed by atoms with van der Waals surface area (Å²) in [5.41, 5.74) is 2.04. The number of benzene rings is 1. The Balaban J connectivity index is 2.76. The maximum atomic E-state index is 13.2. The van der Waals surface area contributed by atoms with Crippen LogP contribution in [0.2, 0.25) is 0 Å². The van der Waals surface area contributed by atoms with Crippen molar-refractivity contribution in [2.45, 2.75) is 39.5 Å². The zero-order valence-electron chi connectivity index (χ0n) is 10.7. The van der Waals surface area contributed by atoms with Crippen molar-refractivity contribution in [2.24, 2.45) is 0 Å². The van der Waals surface area contributed by atoms with Crippen LogP contribution in [0.15, 0.2) is 18.2 Å². The predicted molar refractivity (Wildman–Crippen MR) is 67.3 cm³/mol. The normalized spacial score (nSPS) is 11.8. The van der Waals surface area contributed by atoms with Gasteiger partial charge in [0.25, 0.3) is 0 Å². The second-order valence-corrected chi connectivity index (χ2v) is 4.95. The summed E-state index contributed by atoms with van der Waals surface area (Å²) < 4.78 is 13.2. The molecule has 0 saturated heterocycles. The van der Waals surface area contributed by atoms with Gasteiger partial charge in [-0.25, -0.2) is 4.39 Å². The molecule has 0 aliphatic heterocycles. The highest BCUT2D eigenvalue weighted by molar-refractivity contribution is 5.29. The van der Waals surface area contributed by atoms with Crippen molar-refractivity contribution < 1.29 is 4.39 Å². The van der Waals surface area contributed by atoms with Gasteiger partial charge in [0.15, 0.2) is 0 Å².